The third kappa shape index (κ3) is 5.26. The van der Waals surface area contributed by atoms with E-state index in [1.165, 1.54) is 6.08 Å². The Morgan fingerprint density at radius 3 is 2.15 bits per heavy atom. The molecule has 0 unspecified atom stereocenters. The van der Waals surface area contributed by atoms with Crippen molar-refractivity contribution in [2.75, 3.05) is 27.9 Å². The van der Waals surface area contributed by atoms with E-state index in [4.69, 9.17) is 18.9 Å². The van der Waals surface area contributed by atoms with Crippen LogP contribution < -0.4 is 18.9 Å². The number of benzene rings is 2. The lowest BCUT2D eigenvalue weighted by atomic mass is 10.1. The predicted octanol–water partition coefficient (Wildman–Crippen LogP) is 4.64. The average Bonchev–Trinajstić information content (AvgIpc) is 2.69. The lowest BCUT2D eigenvalue weighted by Crippen LogP contribution is -2.04. The highest BCUT2D eigenvalue weighted by Gasteiger charge is 2.14. The minimum atomic E-state index is -0.109. The third-order valence-corrected chi connectivity index (χ3v) is 3.87. The van der Waals surface area contributed by atoms with Gasteiger partial charge in [-0.2, -0.15) is 0 Å². The standard InChI is InChI=1S/C22H26O5/c1-15(2)14-27-18-10-6-16(7-11-18)19(23)12-8-17-9-13-20(24-3)22(26-5)21(17)25-4/h6-13,15H,14H2,1-5H3. The maximum Gasteiger partial charge on any atom is 0.203 e. The molecule has 2 aromatic rings. The van der Waals surface area contributed by atoms with Gasteiger partial charge in [-0.15, -0.1) is 0 Å². The number of methoxy groups -OCH3 is 3. The zero-order valence-corrected chi connectivity index (χ0v) is 16.4. The van der Waals surface area contributed by atoms with Crippen molar-refractivity contribution in [3.63, 3.8) is 0 Å². The van der Waals surface area contributed by atoms with Crippen LogP contribution in [0.2, 0.25) is 0 Å². The predicted molar refractivity (Wildman–Crippen MR) is 106 cm³/mol. The summed E-state index contributed by atoms with van der Waals surface area (Å²) in [6.45, 7) is 4.82. The highest BCUT2D eigenvalue weighted by atomic mass is 16.5. The van der Waals surface area contributed by atoms with Crippen LogP contribution in [0.3, 0.4) is 0 Å². The van der Waals surface area contributed by atoms with E-state index < -0.39 is 0 Å². The molecule has 2 aromatic carbocycles. The van der Waals surface area contributed by atoms with Crippen LogP contribution in [0.25, 0.3) is 6.08 Å². The van der Waals surface area contributed by atoms with E-state index in [0.29, 0.717) is 35.3 Å². The second-order valence-corrected chi connectivity index (χ2v) is 6.35. The van der Waals surface area contributed by atoms with Gasteiger partial charge in [-0.3, -0.25) is 4.79 Å². The summed E-state index contributed by atoms with van der Waals surface area (Å²) in [6, 6.07) is 10.7. The van der Waals surface area contributed by atoms with Gasteiger partial charge < -0.3 is 18.9 Å². The number of hydrogen-bond donors (Lipinski definition) is 0. The topological polar surface area (TPSA) is 54.0 Å². The monoisotopic (exact) mass is 370 g/mol. The summed E-state index contributed by atoms with van der Waals surface area (Å²) in [5.41, 5.74) is 1.31. The minimum absolute atomic E-state index is 0.109. The molecule has 0 bridgehead atoms. The van der Waals surface area contributed by atoms with E-state index in [1.807, 2.05) is 6.07 Å². The molecule has 0 aliphatic rings. The van der Waals surface area contributed by atoms with E-state index in [9.17, 15) is 4.79 Å². The van der Waals surface area contributed by atoms with Crippen molar-refractivity contribution in [2.45, 2.75) is 13.8 Å². The van der Waals surface area contributed by atoms with Gasteiger partial charge in [0.05, 0.1) is 27.9 Å². The van der Waals surface area contributed by atoms with Gasteiger partial charge in [0.15, 0.2) is 17.3 Å². The van der Waals surface area contributed by atoms with Gasteiger partial charge >= 0.3 is 0 Å². The van der Waals surface area contributed by atoms with Crippen molar-refractivity contribution in [1.82, 2.24) is 0 Å². The number of ketones is 1. The van der Waals surface area contributed by atoms with Gasteiger partial charge in [0.25, 0.3) is 0 Å². The summed E-state index contributed by atoms with van der Waals surface area (Å²) in [5, 5.41) is 0. The molecule has 0 amide bonds. The Balaban J connectivity index is 2.17. The molecule has 27 heavy (non-hydrogen) atoms. The highest BCUT2D eigenvalue weighted by Crippen LogP contribution is 2.40. The van der Waals surface area contributed by atoms with Crippen LogP contribution in [0.1, 0.15) is 29.8 Å². The zero-order valence-electron chi connectivity index (χ0n) is 16.4. The number of rotatable bonds is 9. The van der Waals surface area contributed by atoms with Gasteiger partial charge in [-0.25, -0.2) is 0 Å². The molecular formula is C22H26O5. The van der Waals surface area contributed by atoms with Crippen molar-refractivity contribution in [1.29, 1.82) is 0 Å². The molecule has 0 heterocycles. The van der Waals surface area contributed by atoms with Crippen LogP contribution in [0.5, 0.6) is 23.0 Å². The lowest BCUT2D eigenvalue weighted by molar-refractivity contribution is 0.104. The molecule has 0 radical (unpaired) electrons. The molecule has 0 saturated heterocycles. The SMILES string of the molecule is COc1ccc(C=CC(=O)c2ccc(OCC(C)C)cc2)c(OC)c1OC. The van der Waals surface area contributed by atoms with E-state index in [2.05, 4.69) is 13.8 Å². The largest absolute Gasteiger partial charge is 0.493 e. The van der Waals surface area contributed by atoms with Crippen molar-refractivity contribution < 1.29 is 23.7 Å². The molecule has 5 nitrogen and oxygen atoms in total. The Hall–Kier alpha value is -2.95. The molecule has 0 spiro atoms. The van der Waals surface area contributed by atoms with E-state index in [1.54, 1.807) is 57.7 Å². The first-order valence-corrected chi connectivity index (χ1v) is 8.74. The molecule has 0 N–H and O–H groups in total. The van der Waals surface area contributed by atoms with Crippen molar-refractivity contribution in [3.8, 4) is 23.0 Å². The van der Waals surface area contributed by atoms with Gasteiger partial charge in [-0.05, 0) is 54.5 Å². The summed E-state index contributed by atoms with van der Waals surface area (Å²) in [7, 11) is 4.65. The van der Waals surface area contributed by atoms with Gasteiger partial charge in [0, 0.05) is 11.1 Å². The Labute approximate surface area is 160 Å². The molecule has 0 fully saturated rings. The maximum absolute atomic E-state index is 12.4. The second-order valence-electron chi connectivity index (χ2n) is 6.35. The first kappa shape index (κ1) is 20.4. The fourth-order valence-corrected chi connectivity index (χ4v) is 2.50. The first-order chi connectivity index (χ1) is 13.0. The van der Waals surface area contributed by atoms with Gasteiger partial charge in [-0.1, -0.05) is 13.8 Å². The van der Waals surface area contributed by atoms with Crippen molar-refractivity contribution in [3.05, 3.63) is 53.6 Å². The molecule has 0 aliphatic carbocycles. The summed E-state index contributed by atoms with van der Waals surface area (Å²) < 4.78 is 21.7. The Morgan fingerprint density at radius 2 is 1.59 bits per heavy atom. The highest BCUT2D eigenvalue weighted by molar-refractivity contribution is 6.07. The molecule has 144 valence electrons. The summed E-state index contributed by atoms with van der Waals surface area (Å²) >= 11 is 0. The quantitative estimate of drug-likeness (QED) is 0.475. The number of carbonyl (C=O) groups is 1. The van der Waals surface area contributed by atoms with E-state index >= 15 is 0 Å². The zero-order chi connectivity index (χ0) is 19.8. The molecule has 2 rings (SSSR count). The van der Waals surface area contributed by atoms with Crippen LogP contribution in [0, 0.1) is 5.92 Å². The minimum Gasteiger partial charge on any atom is -0.493 e. The van der Waals surface area contributed by atoms with Crippen LogP contribution in [0.4, 0.5) is 0 Å². The van der Waals surface area contributed by atoms with Gasteiger partial charge in [0.2, 0.25) is 5.75 Å². The van der Waals surface area contributed by atoms with Crippen molar-refractivity contribution in [2.24, 2.45) is 5.92 Å². The van der Waals surface area contributed by atoms with Crippen molar-refractivity contribution >= 4 is 11.9 Å². The molecule has 0 aromatic heterocycles. The van der Waals surface area contributed by atoms with Crippen LogP contribution >= 0.6 is 0 Å². The number of hydrogen-bond acceptors (Lipinski definition) is 5. The molecule has 0 atom stereocenters. The fraction of sp³-hybridized carbons (Fsp3) is 0.318. The number of ether oxygens (including phenoxy) is 4. The van der Waals surface area contributed by atoms with Crippen LogP contribution in [-0.2, 0) is 0 Å². The number of allylic oxidation sites excluding steroid dienone is 1. The molecule has 5 heteroatoms. The van der Waals surface area contributed by atoms with Crippen LogP contribution in [-0.4, -0.2) is 33.7 Å². The normalized spacial score (nSPS) is 10.9. The molecular weight excluding hydrogens is 344 g/mol. The second kappa shape index (κ2) is 9.67. The summed E-state index contributed by atoms with van der Waals surface area (Å²) in [4.78, 5) is 12.4. The Bertz CT molecular complexity index is 791. The Kier molecular flexibility index (Phi) is 7.29. The maximum atomic E-state index is 12.4. The van der Waals surface area contributed by atoms with Gasteiger partial charge in [0.1, 0.15) is 5.75 Å². The third-order valence-electron chi connectivity index (χ3n) is 3.87. The summed E-state index contributed by atoms with van der Waals surface area (Å²) in [5.74, 6) is 2.66. The first-order valence-electron chi connectivity index (χ1n) is 8.74. The average molecular weight is 370 g/mol. The van der Waals surface area contributed by atoms with E-state index in [-0.39, 0.29) is 5.78 Å². The Morgan fingerprint density at radius 1 is 0.926 bits per heavy atom. The summed E-state index contributed by atoms with van der Waals surface area (Å²) in [6.07, 6.45) is 3.21. The number of carbonyl (C=O) groups excluding carboxylic acids is 1. The fourth-order valence-electron chi connectivity index (χ4n) is 2.50. The smallest absolute Gasteiger partial charge is 0.203 e. The lowest BCUT2D eigenvalue weighted by Gasteiger charge is -2.13. The van der Waals surface area contributed by atoms with Crippen LogP contribution in [0.15, 0.2) is 42.5 Å². The van der Waals surface area contributed by atoms with E-state index in [0.717, 1.165) is 11.3 Å². The molecule has 0 saturated carbocycles. The molecule has 0 aliphatic heterocycles.